The number of amides is 1. The highest BCUT2D eigenvalue weighted by Crippen LogP contribution is 2.28. The van der Waals surface area contributed by atoms with Gasteiger partial charge >= 0.3 is 0 Å². The molecule has 29 heavy (non-hydrogen) atoms. The quantitative estimate of drug-likeness (QED) is 0.588. The number of nitrogens with one attached hydrogen (secondary N) is 1. The minimum Gasteiger partial charge on any atom is -0.497 e. The number of aliphatic imine (C=N–C) groups is 1. The normalized spacial score (nSPS) is 22.7. The van der Waals surface area contributed by atoms with Crippen LogP contribution in [0.2, 0.25) is 0 Å². The monoisotopic (exact) mass is 400 g/mol. The Morgan fingerprint density at radius 1 is 1.21 bits per heavy atom. The average molecular weight is 401 g/mol. The third kappa shape index (κ3) is 5.64. The third-order valence-corrected chi connectivity index (χ3v) is 6.12. The molecule has 2 aliphatic rings. The third-order valence-electron chi connectivity index (χ3n) is 6.12. The van der Waals surface area contributed by atoms with Gasteiger partial charge in [0.15, 0.2) is 5.96 Å². The zero-order chi connectivity index (χ0) is 20.6. The van der Waals surface area contributed by atoms with Crippen LogP contribution in [0, 0.1) is 0 Å². The molecule has 2 saturated heterocycles. The molecule has 160 valence electrons. The topological polar surface area (TPSA) is 57.2 Å². The van der Waals surface area contributed by atoms with Crippen molar-refractivity contribution in [2.75, 3.05) is 39.8 Å². The number of hydrogen-bond acceptors (Lipinski definition) is 3. The maximum absolute atomic E-state index is 12.6. The number of nitrogens with zero attached hydrogens (tertiary/aromatic N) is 3. The zero-order valence-corrected chi connectivity index (χ0v) is 18.2. The molecule has 0 aromatic heterocycles. The van der Waals surface area contributed by atoms with E-state index in [1.54, 1.807) is 7.11 Å². The number of carbonyl (C=O) groups excluding carboxylic acids is 1. The summed E-state index contributed by atoms with van der Waals surface area (Å²) < 4.78 is 5.27. The zero-order valence-electron chi connectivity index (χ0n) is 18.2. The van der Waals surface area contributed by atoms with Crippen molar-refractivity contribution in [2.24, 2.45) is 4.99 Å². The van der Waals surface area contributed by atoms with E-state index in [1.165, 1.54) is 12.0 Å². The summed E-state index contributed by atoms with van der Waals surface area (Å²) in [5, 5.41) is 3.41. The maximum atomic E-state index is 12.6. The lowest BCUT2D eigenvalue weighted by Crippen LogP contribution is -2.42. The molecule has 2 atom stereocenters. The predicted octanol–water partition coefficient (Wildman–Crippen LogP) is 3.24. The molecule has 0 bridgehead atoms. The Bertz CT molecular complexity index is 689. The summed E-state index contributed by atoms with van der Waals surface area (Å²) in [5.74, 6) is 2.57. The summed E-state index contributed by atoms with van der Waals surface area (Å²) >= 11 is 0. The second kappa shape index (κ2) is 10.5. The second-order valence-electron chi connectivity index (χ2n) is 8.12. The van der Waals surface area contributed by atoms with Crippen LogP contribution in [0.3, 0.4) is 0 Å². The Morgan fingerprint density at radius 2 is 2.00 bits per heavy atom. The van der Waals surface area contributed by atoms with Gasteiger partial charge in [-0.25, -0.2) is 0 Å². The summed E-state index contributed by atoms with van der Waals surface area (Å²) in [6, 6.07) is 8.76. The van der Waals surface area contributed by atoms with Crippen LogP contribution < -0.4 is 10.1 Å². The number of rotatable bonds is 6. The molecule has 2 aliphatic heterocycles. The molecular formula is C23H36N4O2. The molecule has 0 spiro atoms. The van der Waals surface area contributed by atoms with E-state index in [2.05, 4.69) is 36.2 Å². The van der Waals surface area contributed by atoms with Crippen LogP contribution in [0.4, 0.5) is 0 Å². The van der Waals surface area contributed by atoms with Crippen LogP contribution in [-0.4, -0.2) is 67.5 Å². The first-order valence-corrected chi connectivity index (χ1v) is 11.1. The van der Waals surface area contributed by atoms with Crippen LogP contribution in [-0.2, 0) is 4.79 Å². The van der Waals surface area contributed by atoms with Gasteiger partial charge in [0.1, 0.15) is 5.75 Å². The van der Waals surface area contributed by atoms with E-state index in [4.69, 9.17) is 9.73 Å². The maximum Gasteiger partial charge on any atom is 0.224 e. The van der Waals surface area contributed by atoms with Gasteiger partial charge in [0.25, 0.3) is 0 Å². The number of likely N-dealkylation sites (tertiary alicyclic amines) is 2. The van der Waals surface area contributed by atoms with Gasteiger partial charge in [0.2, 0.25) is 5.91 Å². The molecule has 1 aromatic rings. The number of ether oxygens (including phenoxy) is 1. The Balaban J connectivity index is 1.55. The first-order valence-electron chi connectivity index (χ1n) is 11.1. The van der Waals surface area contributed by atoms with Gasteiger partial charge in [-0.2, -0.15) is 0 Å². The average Bonchev–Trinajstić information content (AvgIpc) is 3.23. The SMILES string of the molecule is CCNC(=NCCC(=O)N1CCCCC1C)N1CCC(c2ccc(OC)cc2)C1. The minimum absolute atomic E-state index is 0.245. The first kappa shape index (κ1) is 21.5. The molecule has 1 aromatic carbocycles. The summed E-state index contributed by atoms with van der Waals surface area (Å²) in [4.78, 5) is 21.7. The molecule has 3 rings (SSSR count). The fourth-order valence-corrected chi connectivity index (χ4v) is 4.40. The molecule has 1 N–H and O–H groups in total. The smallest absolute Gasteiger partial charge is 0.224 e. The number of guanidine groups is 1. The highest BCUT2D eigenvalue weighted by Gasteiger charge is 2.26. The molecule has 2 heterocycles. The van der Waals surface area contributed by atoms with Gasteiger partial charge in [0, 0.05) is 44.6 Å². The largest absolute Gasteiger partial charge is 0.497 e. The minimum atomic E-state index is 0.245. The predicted molar refractivity (Wildman–Crippen MR) is 118 cm³/mol. The molecule has 2 unspecified atom stereocenters. The summed E-state index contributed by atoms with van der Waals surface area (Å²) in [6.07, 6.45) is 5.09. The van der Waals surface area contributed by atoms with Crippen LogP contribution in [0.25, 0.3) is 0 Å². The highest BCUT2D eigenvalue weighted by molar-refractivity contribution is 5.81. The molecule has 1 amide bonds. The highest BCUT2D eigenvalue weighted by atomic mass is 16.5. The van der Waals surface area contributed by atoms with E-state index in [0.717, 1.165) is 57.2 Å². The Labute approximate surface area is 175 Å². The number of benzene rings is 1. The molecule has 0 saturated carbocycles. The van der Waals surface area contributed by atoms with E-state index < -0.39 is 0 Å². The summed E-state index contributed by atoms with van der Waals surface area (Å²) in [6.45, 7) is 8.48. The molecular weight excluding hydrogens is 364 g/mol. The standard InChI is InChI=1S/C23H36N4O2/c1-4-24-23(25-14-12-22(28)27-15-6-5-7-18(27)2)26-16-13-20(17-26)19-8-10-21(29-3)11-9-19/h8-11,18,20H,4-7,12-17H2,1-3H3,(H,24,25). The Kier molecular flexibility index (Phi) is 7.78. The molecule has 2 fully saturated rings. The lowest BCUT2D eigenvalue weighted by Gasteiger charge is -2.33. The van der Waals surface area contributed by atoms with Crippen molar-refractivity contribution in [3.63, 3.8) is 0 Å². The number of hydrogen-bond donors (Lipinski definition) is 1. The fraction of sp³-hybridized carbons (Fsp3) is 0.652. The Hall–Kier alpha value is -2.24. The van der Waals surface area contributed by atoms with Crippen LogP contribution in [0.5, 0.6) is 5.75 Å². The molecule has 0 radical (unpaired) electrons. The van der Waals surface area contributed by atoms with Gasteiger partial charge in [0.05, 0.1) is 13.7 Å². The van der Waals surface area contributed by atoms with E-state index in [-0.39, 0.29) is 5.91 Å². The van der Waals surface area contributed by atoms with Crippen molar-refractivity contribution < 1.29 is 9.53 Å². The van der Waals surface area contributed by atoms with E-state index in [1.807, 2.05) is 17.0 Å². The van der Waals surface area contributed by atoms with Crippen LogP contribution in [0.15, 0.2) is 29.3 Å². The lowest BCUT2D eigenvalue weighted by molar-refractivity contribution is -0.134. The second-order valence-corrected chi connectivity index (χ2v) is 8.12. The number of carbonyl (C=O) groups is 1. The van der Waals surface area contributed by atoms with Crippen molar-refractivity contribution in [3.05, 3.63) is 29.8 Å². The van der Waals surface area contributed by atoms with E-state index >= 15 is 0 Å². The molecule has 6 heteroatoms. The lowest BCUT2D eigenvalue weighted by atomic mass is 9.98. The van der Waals surface area contributed by atoms with Crippen molar-refractivity contribution >= 4 is 11.9 Å². The van der Waals surface area contributed by atoms with Crippen molar-refractivity contribution in [3.8, 4) is 5.75 Å². The van der Waals surface area contributed by atoms with Crippen LogP contribution in [0.1, 0.15) is 57.4 Å². The molecule has 0 aliphatic carbocycles. The summed E-state index contributed by atoms with van der Waals surface area (Å²) in [5.41, 5.74) is 1.35. The fourth-order valence-electron chi connectivity index (χ4n) is 4.40. The van der Waals surface area contributed by atoms with E-state index in [9.17, 15) is 4.79 Å². The molecule has 6 nitrogen and oxygen atoms in total. The van der Waals surface area contributed by atoms with Gasteiger partial charge in [-0.3, -0.25) is 9.79 Å². The Morgan fingerprint density at radius 3 is 2.69 bits per heavy atom. The van der Waals surface area contributed by atoms with Crippen molar-refractivity contribution in [1.29, 1.82) is 0 Å². The first-order chi connectivity index (χ1) is 14.1. The summed E-state index contributed by atoms with van der Waals surface area (Å²) in [7, 11) is 1.70. The number of methoxy groups -OCH3 is 1. The van der Waals surface area contributed by atoms with Crippen molar-refractivity contribution in [1.82, 2.24) is 15.1 Å². The van der Waals surface area contributed by atoms with Gasteiger partial charge in [-0.1, -0.05) is 12.1 Å². The number of piperidine rings is 1. The van der Waals surface area contributed by atoms with E-state index in [0.29, 0.717) is 24.9 Å². The van der Waals surface area contributed by atoms with Gasteiger partial charge in [-0.15, -0.1) is 0 Å². The van der Waals surface area contributed by atoms with Gasteiger partial charge < -0.3 is 19.9 Å². The van der Waals surface area contributed by atoms with Gasteiger partial charge in [-0.05, 0) is 57.2 Å². The van der Waals surface area contributed by atoms with Crippen LogP contribution >= 0.6 is 0 Å². The van der Waals surface area contributed by atoms with Crippen molar-refractivity contribution in [2.45, 2.75) is 57.9 Å².